The van der Waals surface area contributed by atoms with Gasteiger partial charge in [-0.1, -0.05) is 47.6 Å². The lowest BCUT2D eigenvalue weighted by molar-refractivity contribution is -0.0726. The summed E-state index contributed by atoms with van der Waals surface area (Å²) in [7, 11) is 0. The summed E-state index contributed by atoms with van der Waals surface area (Å²) in [5.74, 6) is 0.239. The number of benzene rings is 1. The highest BCUT2D eigenvalue weighted by molar-refractivity contribution is 7.14. The third kappa shape index (κ3) is 5.25. The summed E-state index contributed by atoms with van der Waals surface area (Å²) in [6, 6.07) is 7.85. The molecule has 0 aliphatic carbocycles. The van der Waals surface area contributed by atoms with Crippen molar-refractivity contribution < 1.29 is 19.7 Å². The highest BCUT2D eigenvalue weighted by Crippen LogP contribution is 2.41. The first-order valence-electron chi connectivity index (χ1n) is 10.8. The van der Waals surface area contributed by atoms with Gasteiger partial charge in [-0.05, 0) is 72.4 Å². The number of aliphatic hydroxyl groups is 1. The number of aromatic carboxylic acids is 1. The summed E-state index contributed by atoms with van der Waals surface area (Å²) in [5.41, 5.74) is 1.83. The van der Waals surface area contributed by atoms with E-state index in [9.17, 15) is 15.0 Å². The Balaban J connectivity index is 2.42. The molecule has 1 unspecified atom stereocenters. The SMILES string of the molecule is CCc1cc(-c2cc(C(=O)O)sc2C(CC)CC)ccc1OCC(C)(O)C(C)(C)C. The Morgan fingerprint density at radius 1 is 1.10 bits per heavy atom. The van der Waals surface area contributed by atoms with Gasteiger partial charge in [0.15, 0.2) is 0 Å². The predicted molar refractivity (Wildman–Crippen MR) is 125 cm³/mol. The highest BCUT2D eigenvalue weighted by atomic mass is 32.1. The Morgan fingerprint density at radius 3 is 2.23 bits per heavy atom. The van der Waals surface area contributed by atoms with Gasteiger partial charge in [0.2, 0.25) is 0 Å². The summed E-state index contributed by atoms with van der Waals surface area (Å²) >= 11 is 1.39. The van der Waals surface area contributed by atoms with Crippen LogP contribution in [0.4, 0.5) is 0 Å². The second-order valence-electron chi connectivity index (χ2n) is 9.20. The number of hydrogen-bond donors (Lipinski definition) is 2. The molecular weight excluding hydrogens is 396 g/mol. The molecule has 0 saturated heterocycles. The van der Waals surface area contributed by atoms with Crippen LogP contribution in [0.3, 0.4) is 0 Å². The number of ether oxygens (including phenoxy) is 1. The van der Waals surface area contributed by atoms with Gasteiger partial charge in [-0.15, -0.1) is 11.3 Å². The molecule has 0 aliphatic heterocycles. The van der Waals surface area contributed by atoms with Crippen molar-refractivity contribution in [2.24, 2.45) is 5.41 Å². The normalized spacial score (nSPS) is 14.0. The monoisotopic (exact) mass is 432 g/mol. The number of carboxylic acid groups (broad SMARTS) is 1. The van der Waals surface area contributed by atoms with Crippen molar-refractivity contribution in [3.8, 4) is 16.9 Å². The average Bonchev–Trinajstić information content (AvgIpc) is 3.12. The van der Waals surface area contributed by atoms with Gasteiger partial charge in [-0.3, -0.25) is 0 Å². The fourth-order valence-corrected chi connectivity index (χ4v) is 4.59. The van der Waals surface area contributed by atoms with Gasteiger partial charge < -0.3 is 14.9 Å². The van der Waals surface area contributed by atoms with Gasteiger partial charge in [0, 0.05) is 4.88 Å². The Morgan fingerprint density at radius 2 is 1.73 bits per heavy atom. The Labute approximate surface area is 184 Å². The molecule has 1 aromatic heterocycles. The van der Waals surface area contributed by atoms with Crippen LogP contribution >= 0.6 is 11.3 Å². The van der Waals surface area contributed by atoms with Crippen LogP contribution in [0.1, 0.15) is 87.3 Å². The Bertz CT molecular complexity index is 870. The molecule has 2 aromatic rings. The van der Waals surface area contributed by atoms with E-state index in [1.54, 1.807) is 13.0 Å². The fourth-order valence-electron chi connectivity index (χ4n) is 3.30. The molecule has 2 N–H and O–H groups in total. The molecule has 0 bridgehead atoms. The summed E-state index contributed by atoms with van der Waals surface area (Å²) in [6.07, 6.45) is 2.75. The molecule has 0 spiro atoms. The summed E-state index contributed by atoms with van der Waals surface area (Å²) in [5, 5.41) is 20.3. The summed E-state index contributed by atoms with van der Waals surface area (Å²) in [6.45, 7) is 14.4. The number of rotatable bonds is 9. The lowest BCUT2D eigenvalue weighted by atomic mass is 9.78. The summed E-state index contributed by atoms with van der Waals surface area (Å²) in [4.78, 5) is 13.1. The van der Waals surface area contributed by atoms with E-state index in [-0.39, 0.29) is 12.0 Å². The quantitative estimate of drug-likeness (QED) is 0.459. The zero-order chi connectivity index (χ0) is 22.7. The topological polar surface area (TPSA) is 66.8 Å². The van der Waals surface area contributed by atoms with E-state index >= 15 is 0 Å². The van der Waals surface area contributed by atoms with Gasteiger partial charge in [-0.25, -0.2) is 4.79 Å². The smallest absolute Gasteiger partial charge is 0.345 e. The second-order valence-corrected chi connectivity index (χ2v) is 10.3. The standard InChI is InChI=1S/C25H36O4S/c1-8-16(9-2)22-19(14-21(30-22)23(26)27)18-11-12-20(17(10-3)13-18)29-15-25(7,28)24(4,5)6/h11-14,16,28H,8-10,15H2,1-7H3,(H,26,27). The average molecular weight is 433 g/mol. The van der Waals surface area contributed by atoms with Crippen LogP contribution < -0.4 is 4.74 Å². The minimum Gasteiger partial charge on any atom is -0.490 e. The summed E-state index contributed by atoms with van der Waals surface area (Å²) < 4.78 is 6.03. The van der Waals surface area contributed by atoms with Crippen LogP contribution in [-0.2, 0) is 6.42 Å². The molecule has 1 heterocycles. The minimum absolute atomic E-state index is 0.212. The van der Waals surface area contributed by atoms with E-state index in [0.29, 0.717) is 10.8 Å². The van der Waals surface area contributed by atoms with E-state index < -0.39 is 11.6 Å². The Hall–Kier alpha value is -1.85. The molecule has 0 amide bonds. The van der Waals surface area contributed by atoms with Crippen molar-refractivity contribution in [3.63, 3.8) is 0 Å². The second kappa shape index (κ2) is 9.52. The maximum absolute atomic E-state index is 11.6. The number of aryl methyl sites for hydroxylation is 1. The zero-order valence-electron chi connectivity index (χ0n) is 19.3. The van der Waals surface area contributed by atoms with E-state index in [1.807, 2.05) is 32.9 Å². The van der Waals surface area contributed by atoms with Crippen molar-refractivity contribution in [2.75, 3.05) is 6.61 Å². The lowest BCUT2D eigenvalue weighted by Gasteiger charge is -2.36. The van der Waals surface area contributed by atoms with Crippen LogP contribution in [0, 0.1) is 5.41 Å². The first-order chi connectivity index (χ1) is 13.9. The van der Waals surface area contributed by atoms with Gasteiger partial charge in [0.1, 0.15) is 22.8 Å². The van der Waals surface area contributed by atoms with Crippen LogP contribution in [0.25, 0.3) is 11.1 Å². The van der Waals surface area contributed by atoms with Gasteiger partial charge >= 0.3 is 5.97 Å². The predicted octanol–water partition coefficient (Wildman–Crippen LogP) is 6.76. The van der Waals surface area contributed by atoms with Crippen molar-refractivity contribution in [1.82, 2.24) is 0 Å². The van der Waals surface area contributed by atoms with E-state index in [2.05, 4.69) is 26.8 Å². The molecule has 4 nitrogen and oxygen atoms in total. The zero-order valence-corrected chi connectivity index (χ0v) is 20.2. The largest absolute Gasteiger partial charge is 0.490 e. The fraction of sp³-hybridized carbons (Fsp3) is 0.560. The molecule has 1 atom stereocenters. The van der Waals surface area contributed by atoms with Crippen molar-refractivity contribution in [2.45, 2.75) is 79.2 Å². The third-order valence-electron chi connectivity index (χ3n) is 6.20. The van der Waals surface area contributed by atoms with E-state index in [0.717, 1.165) is 46.6 Å². The molecule has 5 heteroatoms. The lowest BCUT2D eigenvalue weighted by Crippen LogP contribution is -2.45. The minimum atomic E-state index is -0.955. The van der Waals surface area contributed by atoms with Crippen LogP contribution in [0.5, 0.6) is 5.75 Å². The number of carboxylic acids is 1. The van der Waals surface area contributed by atoms with Gasteiger partial charge in [0.05, 0.1) is 0 Å². The molecule has 0 saturated carbocycles. The number of thiophene rings is 1. The Kier molecular flexibility index (Phi) is 7.75. The maximum atomic E-state index is 11.6. The van der Waals surface area contributed by atoms with Crippen LogP contribution in [0.2, 0.25) is 0 Å². The van der Waals surface area contributed by atoms with Crippen LogP contribution in [0.15, 0.2) is 24.3 Å². The van der Waals surface area contributed by atoms with Gasteiger partial charge in [-0.2, -0.15) is 0 Å². The third-order valence-corrected chi connectivity index (χ3v) is 7.49. The molecule has 2 rings (SSSR count). The number of hydrogen-bond acceptors (Lipinski definition) is 4. The molecule has 1 aromatic carbocycles. The van der Waals surface area contributed by atoms with Crippen molar-refractivity contribution in [3.05, 3.63) is 39.6 Å². The highest BCUT2D eigenvalue weighted by Gasteiger charge is 2.36. The van der Waals surface area contributed by atoms with E-state index in [1.165, 1.54) is 11.3 Å². The molecule has 30 heavy (non-hydrogen) atoms. The maximum Gasteiger partial charge on any atom is 0.345 e. The van der Waals surface area contributed by atoms with Gasteiger partial charge in [0.25, 0.3) is 0 Å². The molecular formula is C25H36O4S. The van der Waals surface area contributed by atoms with E-state index in [4.69, 9.17) is 4.74 Å². The number of carbonyl (C=O) groups is 1. The molecule has 0 fully saturated rings. The van der Waals surface area contributed by atoms with Crippen molar-refractivity contribution >= 4 is 17.3 Å². The molecule has 166 valence electrons. The molecule has 0 radical (unpaired) electrons. The first-order valence-corrected chi connectivity index (χ1v) is 11.6. The van der Waals surface area contributed by atoms with Crippen LogP contribution in [-0.4, -0.2) is 28.4 Å². The molecule has 0 aliphatic rings. The first kappa shape index (κ1) is 24.4. The van der Waals surface area contributed by atoms with Crippen molar-refractivity contribution in [1.29, 1.82) is 0 Å².